The normalized spacial score (nSPS) is 13.5. The third kappa shape index (κ3) is 3.11. The minimum absolute atomic E-state index is 0.236. The average Bonchev–Trinajstić information content (AvgIpc) is 3.07. The highest BCUT2D eigenvalue weighted by atomic mass is 79.9. The van der Waals surface area contributed by atoms with Gasteiger partial charge in [-0.05, 0) is 54.8 Å². The van der Waals surface area contributed by atoms with Crippen LogP contribution in [-0.2, 0) is 0 Å². The number of hydrogen-bond acceptors (Lipinski definition) is 4. The van der Waals surface area contributed by atoms with Gasteiger partial charge in [0.25, 0.3) is 17.4 Å². The van der Waals surface area contributed by atoms with Crippen LogP contribution in [0.4, 0.5) is 0 Å². The van der Waals surface area contributed by atoms with Crippen molar-refractivity contribution in [2.45, 2.75) is 6.92 Å². The van der Waals surface area contributed by atoms with Gasteiger partial charge in [0.1, 0.15) is 0 Å². The van der Waals surface area contributed by atoms with Crippen LogP contribution < -0.4 is 5.56 Å². The van der Waals surface area contributed by atoms with Crippen molar-refractivity contribution in [3.8, 4) is 5.69 Å². The van der Waals surface area contributed by atoms with E-state index < -0.39 is 11.8 Å². The monoisotopic (exact) mass is 508 g/mol. The van der Waals surface area contributed by atoms with Crippen LogP contribution in [0.2, 0.25) is 5.02 Å². The molecule has 0 aliphatic carbocycles. The lowest BCUT2D eigenvalue weighted by Gasteiger charge is -2.23. The Kier molecular flexibility index (Phi) is 4.83. The topological polar surface area (TPSA) is 87.5 Å². The van der Waals surface area contributed by atoms with Crippen molar-refractivity contribution < 1.29 is 9.59 Å². The number of imide groups is 1. The molecule has 3 aromatic carbocycles. The van der Waals surface area contributed by atoms with Crippen molar-refractivity contribution >= 4 is 56.3 Å². The number of aryl methyl sites for hydroxylation is 1. The number of carbonyl (C=O) groups excluding carboxylic acids is 2. The number of nitrogens with zero attached hydrogens (tertiary/aromatic N) is 3. The summed E-state index contributed by atoms with van der Waals surface area (Å²) in [5, 5.41) is 9.79. The van der Waals surface area contributed by atoms with E-state index in [9.17, 15) is 14.4 Å². The van der Waals surface area contributed by atoms with Crippen LogP contribution in [-0.4, -0.2) is 32.8 Å². The highest BCUT2D eigenvalue weighted by Crippen LogP contribution is 2.34. The molecule has 32 heavy (non-hydrogen) atoms. The van der Waals surface area contributed by atoms with Crippen molar-refractivity contribution in [1.82, 2.24) is 14.8 Å². The number of aromatic amines is 1. The highest BCUT2D eigenvalue weighted by molar-refractivity contribution is 9.10. The third-order valence-electron chi connectivity index (χ3n) is 5.34. The van der Waals surface area contributed by atoms with Gasteiger partial charge >= 0.3 is 0 Å². The maximum Gasteiger partial charge on any atom is 0.282 e. The van der Waals surface area contributed by atoms with Gasteiger partial charge in [0.05, 0.1) is 28.6 Å². The number of nitrogens with one attached hydrogen (secondary N) is 1. The Morgan fingerprint density at radius 1 is 0.969 bits per heavy atom. The molecule has 1 N–H and O–H groups in total. The first-order valence-corrected chi connectivity index (χ1v) is 10.8. The molecule has 0 radical (unpaired) electrons. The van der Waals surface area contributed by atoms with Crippen LogP contribution in [0.15, 0.2) is 69.0 Å². The van der Waals surface area contributed by atoms with Gasteiger partial charge in [-0.25, -0.2) is 4.68 Å². The van der Waals surface area contributed by atoms with Gasteiger partial charge in [-0.3, -0.25) is 19.5 Å². The van der Waals surface area contributed by atoms with Crippen molar-refractivity contribution in [2.75, 3.05) is 0 Å². The fourth-order valence-electron chi connectivity index (χ4n) is 3.75. The Labute approximate surface area is 195 Å². The van der Waals surface area contributed by atoms with Gasteiger partial charge in [-0.2, -0.15) is 10.1 Å². The number of amides is 2. The molecule has 2 amide bonds. The second kappa shape index (κ2) is 7.58. The summed E-state index contributed by atoms with van der Waals surface area (Å²) in [5.41, 5.74) is 1.76. The summed E-state index contributed by atoms with van der Waals surface area (Å²) >= 11 is 9.38. The summed E-state index contributed by atoms with van der Waals surface area (Å²) in [5.74, 6) is -1.10. The smallest absolute Gasteiger partial charge is 0.282 e. The molecule has 9 heteroatoms. The lowest BCUT2D eigenvalue weighted by molar-refractivity contribution is 0.0616. The van der Waals surface area contributed by atoms with Crippen LogP contribution in [0.5, 0.6) is 0 Å². The quantitative estimate of drug-likeness (QED) is 0.321. The maximum absolute atomic E-state index is 13.0. The van der Waals surface area contributed by atoms with Crippen molar-refractivity contribution in [3.63, 3.8) is 0 Å². The molecule has 0 bridgehead atoms. The second-order valence-electron chi connectivity index (χ2n) is 7.26. The van der Waals surface area contributed by atoms with Crippen LogP contribution in [0.3, 0.4) is 0 Å². The van der Waals surface area contributed by atoms with E-state index in [1.165, 1.54) is 10.9 Å². The average molecular weight is 510 g/mol. The Hall–Kier alpha value is -3.49. The molecular weight excluding hydrogens is 496 g/mol. The van der Waals surface area contributed by atoms with E-state index >= 15 is 0 Å². The Morgan fingerprint density at radius 3 is 2.38 bits per heavy atom. The molecule has 1 aromatic heterocycles. The number of aromatic nitrogens is 2. The van der Waals surface area contributed by atoms with Crippen LogP contribution in [0.25, 0.3) is 16.5 Å². The molecule has 4 aromatic rings. The predicted octanol–water partition coefficient (Wildman–Crippen LogP) is 4.67. The van der Waals surface area contributed by atoms with E-state index in [4.69, 9.17) is 11.6 Å². The lowest BCUT2D eigenvalue weighted by atomic mass is 9.95. The molecule has 0 atom stereocenters. The number of rotatable bonds is 3. The molecule has 1 aliphatic rings. The standard InChI is InChI=1S/C23H14BrClN4O3/c1-12-18(23(32)28(27-12)14-7-5-13(25)6-8-14)11-26-29-21(30)16-4-2-3-15-19(24)10-9-17(20(15)16)22(29)31/h2-11,27H,1H3. The van der Waals surface area contributed by atoms with Crippen molar-refractivity contribution in [1.29, 1.82) is 0 Å². The fraction of sp³-hybridized carbons (Fsp3) is 0.0435. The van der Waals surface area contributed by atoms with E-state index in [-0.39, 0.29) is 11.1 Å². The first kappa shape index (κ1) is 20.4. The number of H-pyrrole nitrogens is 1. The van der Waals surface area contributed by atoms with Gasteiger partial charge in [-0.15, -0.1) is 0 Å². The Balaban J connectivity index is 1.55. The van der Waals surface area contributed by atoms with Gasteiger partial charge in [0.2, 0.25) is 0 Å². The van der Waals surface area contributed by atoms with E-state index in [1.54, 1.807) is 55.5 Å². The third-order valence-corrected chi connectivity index (χ3v) is 6.28. The minimum Gasteiger partial charge on any atom is -0.295 e. The van der Waals surface area contributed by atoms with Crippen LogP contribution >= 0.6 is 27.5 Å². The summed E-state index contributed by atoms with van der Waals surface area (Å²) < 4.78 is 2.14. The molecule has 158 valence electrons. The van der Waals surface area contributed by atoms with E-state index in [0.29, 0.717) is 32.9 Å². The molecule has 1 aliphatic heterocycles. The van der Waals surface area contributed by atoms with Crippen molar-refractivity contribution in [2.24, 2.45) is 5.10 Å². The highest BCUT2D eigenvalue weighted by Gasteiger charge is 2.33. The molecule has 5 rings (SSSR count). The van der Waals surface area contributed by atoms with Gasteiger partial charge in [0, 0.05) is 20.6 Å². The summed E-state index contributed by atoms with van der Waals surface area (Å²) in [4.78, 5) is 39.0. The first-order valence-electron chi connectivity index (χ1n) is 9.58. The SMILES string of the molecule is Cc1[nH]n(-c2ccc(Cl)cc2)c(=O)c1C=NN1C(=O)c2cccc3c(Br)ccc(c23)C1=O. The predicted molar refractivity (Wildman–Crippen MR) is 126 cm³/mol. The number of benzene rings is 3. The molecule has 2 heterocycles. The van der Waals surface area contributed by atoms with Gasteiger partial charge < -0.3 is 0 Å². The minimum atomic E-state index is -0.548. The first-order chi connectivity index (χ1) is 15.4. The molecule has 0 fully saturated rings. The number of hydrogen-bond donors (Lipinski definition) is 1. The number of carbonyl (C=O) groups is 2. The largest absolute Gasteiger partial charge is 0.295 e. The van der Waals surface area contributed by atoms with Crippen LogP contribution in [0, 0.1) is 6.92 Å². The summed E-state index contributed by atoms with van der Waals surface area (Å²) in [6.07, 6.45) is 1.24. The fourth-order valence-corrected chi connectivity index (χ4v) is 4.34. The van der Waals surface area contributed by atoms with Gasteiger partial charge in [0.15, 0.2) is 0 Å². The van der Waals surface area contributed by atoms with E-state index in [0.717, 1.165) is 14.9 Å². The Morgan fingerprint density at radius 2 is 1.66 bits per heavy atom. The zero-order valence-electron chi connectivity index (χ0n) is 16.6. The second-order valence-corrected chi connectivity index (χ2v) is 8.55. The van der Waals surface area contributed by atoms with Crippen molar-refractivity contribution in [3.05, 3.63) is 96.8 Å². The van der Waals surface area contributed by atoms with E-state index in [2.05, 4.69) is 26.1 Å². The zero-order chi connectivity index (χ0) is 22.6. The molecule has 0 saturated heterocycles. The van der Waals surface area contributed by atoms with Crippen LogP contribution in [0.1, 0.15) is 32.0 Å². The molecule has 0 saturated carbocycles. The zero-order valence-corrected chi connectivity index (χ0v) is 18.9. The summed E-state index contributed by atoms with van der Waals surface area (Å²) in [6, 6.07) is 15.4. The Bertz CT molecular complexity index is 1500. The molecule has 0 unspecified atom stereocenters. The number of halogens is 2. The summed E-state index contributed by atoms with van der Waals surface area (Å²) in [7, 11) is 0. The maximum atomic E-state index is 13.0. The molecule has 0 spiro atoms. The molecule has 7 nitrogen and oxygen atoms in total. The van der Waals surface area contributed by atoms with Gasteiger partial charge in [-0.1, -0.05) is 39.7 Å². The lowest BCUT2D eigenvalue weighted by Crippen LogP contribution is -2.36. The summed E-state index contributed by atoms with van der Waals surface area (Å²) in [6.45, 7) is 1.71. The number of hydrazone groups is 1. The van der Waals surface area contributed by atoms with E-state index in [1.807, 2.05) is 6.07 Å². The molecular formula is C23H14BrClN4O3.